The van der Waals surface area contributed by atoms with Gasteiger partial charge in [-0.3, -0.25) is 0 Å². The number of nitrogens with zero attached hydrogens (tertiary/aromatic N) is 4. The molecule has 0 fully saturated rings. The minimum absolute atomic E-state index is 0.259. The van der Waals surface area contributed by atoms with Gasteiger partial charge in [0.25, 0.3) is 0 Å². The van der Waals surface area contributed by atoms with E-state index in [0.717, 1.165) is 22.4 Å². The van der Waals surface area contributed by atoms with Crippen LogP contribution in [0.1, 0.15) is 24.1 Å². The molecule has 0 spiro atoms. The van der Waals surface area contributed by atoms with E-state index < -0.39 is 0 Å². The summed E-state index contributed by atoms with van der Waals surface area (Å²) in [5, 5.41) is 9.61. The van der Waals surface area contributed by atoms with E-state index >= 15 is 0 Å². The summed E-state index contributed by atoms with van der Waals surface area (Å²) in [6, 6.07) is 14.7. The summed E-state index contributed by atoms with van der Waals surface area (Å²) in [5.41, 5.74) is 11.2. The van der Waals surface area contributed by atoms with Crippen LogP contribution >= 0.6 is 0 Å². The van der Waals surface area contributed by atoms with Gasteiger partial charge < -0.3 is 15.2 Å². The Morgan fingerprint density at radius 2 is 1.96 bits per heavy atom. The molecule has 0 aliphatic rings. The number of nitrogens with two attached hydrogens (primary N) is 1. The average Bonchev–Trinajstić information content (AvgIpc) is 3.06. The minimum Gasteiger partial charge on any atom is -0.383 e. The van der Waals surface area contributed by atoms with Crippen LogP contribution in [0.25, 0.3) is 22.4 Å². The second kappa shape index (κ2) is 7.03. The fourth-order valence-corrected chi connectivity index (χ4v) is 2.98. The van der Waals surface area contributed by atoms with Crippen LogP contribution in [0.5, 0.6) is 0 Å². The number of pyridine rings is 1. The molecule has 1 atom stereocenters. The number of aromatic nitrogens is 2. The average molecular weight is 345 g/mol. The Hall–Kier alpha value is -3.10. The van der Waals surface area contributed by atoms with E-state index in [1.54, 1.807) is 0 Å². The van der Waals surface area contributed by atoms with E-state index in [9.17, 15) is 5.26 Å². The number of anilines is 1. The second-order valence-corrected chi connectivity index (χ2v) is 6.76. The first kappa shape index (κ1) is 17.7. The monoisotopic (exact) mass is 345 g/mol. The van der Waals surface area contributed by atoms with E-state index in [1.165, 1.54) is 5.56 Å². The maximum absolute atomic E-state index is 9.61. The highest BCUT2D eigenvalue weighted by atomic mass is 15.1. The smallest absolute Gasteiger partial charge is 0.142 e. The van der Waals surface area contributed by atoms with Crippen molar-refractivity contribution in [3.63, 3.8) is 0 Å². The molecule has 0 saturated carbocycles. The third-order valence-electron chi connectivity index (χ3n) is 4.74. The van der Waals surface area contributed by atoms with Crippen LogP contribution in [-0.4, -0.2) is 28.5 Å². The number of rotatable bonds is 4. The molecular formula is C21H23N5. The zero-order valence-electron chi connectivity index (χ0n) is 15.6. The standard InChI is InChI=1S/C21H23N5/c1-14(25(2)3)15-6-5-7-16(10-15)18-11-20(17-8-9-26(4)13-17)24-21(23)19(18)12-22/h5-11,13-14H,1-4H3,(H2,23,24). The Labute approximate surface area is 154 Å². The SMILES string of the molecule is CC(c1cccc(-c2cc(-c3ccn(C)c3)nc(N)c2C#N)c1)N(C)C. The maximum atomic E-state index is 9.61. The molecule has 3 aromatic rings. The van der Waals surface area contributed by atoms with Gasteiger partial charge in [-0.15, -0.1) is 0 Å². The van der Waals surface area contributed by atoms with Crippen molar-refractivity contribution >= 4 is 5.82 Å². The fraction of sp³-hybridized carbons (Fsp3) is 0.238. The molecule has 0 bridgehead atoms. The summed E-state index contributed by atoms with van der Waals surface area (Å²) >= 11 is 0. The molecular weight excluding hydrogens is 322 g/mol. The van der Waals surface area contributed by atoms with Crippen molar-refractivity contribution in [1.29, 1.82) is 5.26 Å². The third-order valence-corrected chi connectivity index (χ3v) is 4.74. The van der Waals surface area contributed by atoms with Gasteiger partial charge >= 0.3 is 0 Å². The molecule has 0 aliphatic heterocycles. The van der Waals surface area contributed by atoms with Gasteiger partial charge in [-0.05, 0) is 50.3 Å². The Morgan fingerprint density at radius 3 is 2.58 bits per heavy atom. The molecule has 5 heteroatoms. The fourth-order valence-electron chi connectivity index (χ4n) is 2.98. The van der Waals surface area contributed by atoms with E-state index in [4.69, 9.17) is 5.73 Å². The van der Waals surface area contributed by atoms with Crippen LogP contribution < -0.4 is 5.73 Å². The number of hydrogen-bond donors (Lipinski definition) is 1. The van der Waals surface area contributed by atoms with Gasteiger partial charge in [0.15, 0.2) is 0 Å². The van der Waals surface area contributed by atoms with Crippen LogP contribution in [0.3, 0.4) is 0 Å². The molecule has 5 nitrogen and oxygen atoms in total. The molecule has 26 heavy (non-hydrogen) atoms. The lowest BCUT2D eigenvalue weighted by Crippen LogP contribution is -2.16. The molecule has 1 unspecified atom stereocenters. The predicted molar refractivity (Wildman–Crippen MR) is 105 cm³/mol. The van der Waals surface area contributed by atoms with Gasteiger partial charge in [0.1, 0.15) is 17.5 Å². The van der Waals surface area contributed by atoms with Crippen LogP contribution in [-0.2, 0) is 7.05 Å². The summed E-state index contributed by atoms with van der Waals surface area (Å²) < 4.78 is 1.96. The van der Waals surface area contributed by atoms with E-state index in [1.807, 2.05) is 48.3 Å². The number of nitriles is 1. The van der Waals surface area contributed by atoms with Crippen molar-refractivity contribution in [1.82, 2.24) is 14.5 Å². The van der Waals surface area contributed by atoms with Gasteiger partial charge in [-0.25, -0.2) is 4.98 Å². The summed E-state index contributed by atoms with van der Waals surface area (Å²) in [6.45, 7) is 2.15. The highest BCUT2D eigenvalue weighted by molar-refractivity contribution is 5.80. The second-order valence-electron chi connectivity index (χ2n) is 6.76. The molecule has 0 aliphatic carbocycles. The first-order valence-corrected chi connectivity index (χ1v) is 8.50. The van der Waals surface area contributed by atoms with Crippen molar-refractivity contribution < 1.29 is 0 Å². The molecule has 3 rings (SSSR count). The van der Waals surface area contributed by atoms with E-state index in [0.29, 0.717) is 5.56 Å². The zero-order chi connectivity index (χ0) is 18.8. The van der Waals surface area contributed by atoms with E-state index in [-0.39, 0.29) is 11.9 Å². The lowest BCUT2D eigenvalue weighted by Gasteiger charge is -2.21. The van der Waals surface area contributed by atoms with Gasteiger partial charge in [0, 0.05) is 36.6 Å². The molecule has 0 amide bonds. The largest absolute Gasteiger partial charge is 0.383 e. The molecule has 2 aromatic heterocycles. The number of aryl methyl sites for hydroxylation is 1. The maximum Gasteiger partial charge on any atom is 0.142 e. The zero-order valence-corrected chi connectivity index (χ0v) is 15.6. The molecule has 1 aromatic carbocycles. The summed E-state index contributed by atoms with van der Waals surface area (Å²) in [5.74, 6) is 0.259. The van der Waals surface area contributed by atoms with E-state index in [2.05, 4.69) is 49.1 Å². The molecule has 0 saturated heterocycles. The Kier molecular flexibility index (Phi) is 4.79. The van der Waals surface area contributed by atoms with Crippen molar-refractivity contribution in [2.45, 2.75) is 13.0 Å². The van der Waals surface area contributed by atoms with Gasteiger partial charge in [0.2, 0.25) is 0 Å². The third kappa shape index (κ3) is 3.32. The molecule has 0 radical (unpaired) electrons. The predicted octanol–water partition coefficient (Wildman–Crippen LogP) is 3.83. The van der Waals surface area contributed by atoms with Crippen molar-refractivity contribution in [3.8, 4) is 28.5 Å². The Balaban J connectivity index is 2.16. The minimum atomic E-state index is 0.259. The molecule has 132 valence electrons. The van der Waals surface area contributed by atoms with Crippen LogP contribution in [0.2, 0.25) is 0 Å². The highest BCUT2D eigenvalue weighted by Crippen LogP contribution is 2.32. The van der Waals surface area contributed by atoms with Crippen LogP contribution in [0, 0.1) is 11.3 Å². The first-order valence-electron chi connectivity index (χ1n) is 8.50. The lowest BCUT2D eigenvalue weighted by atomic mass is 9.96. The van der Waals surface area contributed by atoms with Crippen LogP contribution in [0.4, 0.5) is 5.82 Å². The van der Waals surface area contributed by atoms with Crippen molar-refractivity contribution in [2.75, 3.05) is 19.8 Å². The Morgan fingerprint density at radius 1 is 1.19 bits per heavy atom. The van der Waals surface area contributed by atoms with Crippen molar-refractivity contribution in [2.24, 2.45) is 7.05 Å². The number of hydrogen-bond acceptors (Lipinski definition) is 4. The van der Waals surface area contributed by atoms with Gasteiger partial charge in [-0.2, -0.15) is 5.26 Å². The normalized spacial score (nSPS) is 12.2. The molecule has 2 heterocycles. The van der Waals surface area contributed by atoms with Crippen LogP contribution in [0.15, 0.2) is 48.8 Å². The molecule has 2 N–H and O–H groups in total. The van der Waals surface area contributed by atoms with Gasteiger partial charge in [0.05, 0.1) is 5.69 Å². The summed E-state index contributed by atoms with van der Waals surface area (Å²) in [4.78, 5) is 6.59. The summed E-state index contributed by atoms with van der Waals surface area (Å²) in [7, 11) is 6.06. The van der Waals surface area contributed by atoms with Crippen molar-refractivity contribution in [3.05, 3.63) is 59.9 Å². The van der Waals surface area contributed by atoms with Gasteiger partial charge in [-0.1, -0.05) is 18.2 Å². The topological polar surface area (TPSA) is 70.9 Å². The quantitative estimate of drug-likeness (QED) is 0.780. The Bertz CT molecular complexity index is 978. The lowest BCUT2D eigenvalue weighted by molar-refractivity contribution is 0.321. The summed E-state index contributed by atoms with van der Waals surface area (Å²) in [6.07, 6.45) is 3.95. The highest BCUT2D eigenvalue weighted by Gasteiger charge is 2.15. The number of benzene rings is 1. The number of nitrogen functional groups attached to an aromatic ring is 1. The first-order chi connectivity index (χ1) is 12.4.